The van der Waals surface area contributed by atoms with E-state index in [0.29, 0.717) is 11.7 Å². The molecule has 1 fully saturated rings. The van der Waals surface area contributed by atoms with Gasteiger partial charge in [-0.05, 0) is 37.8 Å². The monoisotopic (exact) mass is 254 g/mol. The molecule has 0 atom stereocenters. The average molecular weight is 254 g/mol. The number of nitrogen functional groups attached to an aromatic ring is 1. The molecule has 3 rings (SSSR count). The zero-order valence-electron chi connectivity index (χ0n) is 11.3. The van der Waals surface area contributed by atoms with Gasteiger partial charge in [-0.2, -0.15) is 0 Å². The van der Waals surface area contributed by atoms with E-state index in [9.17, 15) is 0 Å². The Balaban J connectivity index is 2.13. The van der Waals surface area contributed by atoms with Gasteiger partial charge in [-0.15, -0.1) is 0 Å². The summed E-state index contributed by atoms with van der Waals surface area (Å²) < 4.78 is 0. The Morgan fingerprint density at radius 2 is 2.00 bits per heavy atom. The van der Waals surface area contributed by atoms with Crippen LogP contribution in [0.3, 0.4) is 0 Å². The molecule has 0 radical (unpaired) electrons. The van der Waals surface area contributed by atoms with E-state index in [0.717, 1.165) is 17.1 Å². The van der Waals surface area contributed by atoms with Crippen LogP contribution in [0.1, 0.15) is 35.6 Å². The normalized spacial score (nSPS) is 14.5. The van der Waals surface area contributed by atoms with Crippen LogP contribution in [0.2, 0.25) is 0 Å². The fraction of sp³-hybridized carbons (Fsp3) is 0.333. The van der Waals surface area contributed by atoms with E-state index in [1.807, 2.05) is 12.1 Å². The van der Waals surface area contributed by atoms with Crippen LogP contribution in [-0.4, -0.2) is 9.97 Å². The SMILES string of the molecule is Cc1cccc(-c2nc(NN)cc(C3CC3)n2)c1C. The second kappa shape index (κ2) is 4.63. The van der Waals surface area contributed by atoms with Gasteiger partial charge in [-0.3, -0.25) is 0 Å². The van der Waals surface area contributed by atoms with Gasteiger partial charge in [0.05, 0.1) is 0 Å². The Morgan fingerprint density at radius 3 is 2.68 bits per heavy atom. The molecule has 1 aromatic heterocycles. The maximum Gasteiger partial charge on any atom is 0.162 e. The van der Waals surface area contributed by atoms with Crippen molar-refractivity contribution in [2.75, 3.05) is 5.43 Å². The number of hydrazine groups is 1. The van der Waals surface area contributed by atoms with Gasteiger partial charge in [0.15, 0.2) is 5.82 Å². The van der Waals surface area contributed by atoms with Crippen molar-refractivity contribution >= 4 is 5.82 Å². The molecule has 1 aromatic carbocycles. The fourth-order valence-corrected chi connectivity index (χ4v) is 2.24. The van der Waals surface area contributed by atoms with Crippen molar-refractivity contribution in [1.82, 2.24) is 9.97 Å². The lowest BCUT2D eigenvalue weighted by atomic mass is 10.0. The number of benzene rings is 1. The molecule has 1 heterocycles. The van der Waals surface area contributed by atoms with E-state index in [2.05, 4.69) is 36.4 Å². The van der Waals surface area contributed by atoms with Gasteiger partial charge in [-0.1, -0.05) is 18.2 Å². The van der Waals surface area contributed by atoms with Crippen LogP contribution in [0.4, 0.5) is 5.82 Å². The van der Waals surface area contributed by atoms with Gasteiger partial charge >= 0.3 is 0 Å². The van der Waals surface area contributed by atoms with Crippen LogP contribution >= 0.6 is 0 Å². The molecule has 0 amide bonds. The van der Waals surface area contributed by atoms with Crippen molar-refractivity contribution < 1.29 is 0 Å². The van der Waals surface area contributed by atoms with Crippen molar-refractivity contribution in [3.8, 4) is 11.4 Å². The van der Waals surface area contributed by atoms with E-state index in [1.165, 1.54) is 24.0 Å². The fourth-order valence-electron chi connectivity index (χ4n) is 2.24. The van der Waals surface area contributed by atoms with E-state index < -0.39 is 0 Å². The lowest BCUT2D eigenvalue weighted by Crippen LogP contribution is -2.10. The van der Waals surface area contributed by atoms with Gasteiger partial charge in [0.2, 0.25) is 0 Å². The number of hydrogen-bond donors (Lipinski definition) is 2. The number of nitrogens with two attached hydrogens (primary N) is 1. The smallest absolute Gasteiger partial charge is 0.162 e. The number of hydrogen-bond acceptors (Lipinski definition) is 4. The summed E-state index contributed by atoms with van der Waals surface area (Å²) in [4.78, 5) is 9.20. The summed E-state index contributed by atoms with van der Waals surface area (Å²) in [6.45, 7) is 4.21. The topological polar surface area (TPSA) is 63.8 Å². The van der Waals surface area contributed by atoms with Gasteiger partial charge in [0, 0.05) is 23.2 Å². The van der Waals surface area contributed by atoms with Crippen molar-refractivity contribution in [2.24, 2.45) is 5.84 Å². The van der Waals surface area contributed by atoms with Crippen molar-refractivity contribution in [2.45, 2.75) is 32.6 Å². The van der Waals surface area contributed by atoms with Crippen LogP contribution in [0.15, 0.2) is 24.3 Å². The molecule has 98 valence electrons. The average Bonchev–Trinajstić information content (AvgIpc) is 3.26. The number of nitrogens with one attached hydrogen (secondary N) is 1. The first-order chi connectivity index (χ1) is 9.19. The molecule has 0 saturated heterocycles. The molecule has 1 saturated carbocycles. The first kappa shape index (κ1) is 12.1. The van der Waals surface area contributed by atoms with Crippen molar-refractivity contribution in [1.29, 1.82) is 0 Å². The standard InChI is InChI=1S/C15H18N4/c1-9-4-3-5-12(10(9)2)15-17-13(11-6-7-11)8-14(18-15)19-16/h3-5,8,11H,6-7,16H2,1-2H3,(H,17,18,19). The highest BCUT2D eigenvalue weighted by Crippen LogP contribution is 2.40. The van der Waals surface area contributed by atoms with E-state index in [4.69, 9.17) is 10.8 Å². The lowest BCUT2D eigenvalue weighted by molar-refractivity contribution is 0.989. The minimum atomic E-state index is 0.582. The molecule has 2 aromatic rings. The molecule has 1 aliphatic carbocycles. The Hall–Kier alpha value is -1.94. The van der Waals surface area contributed by atoms with Gasteiger partial charge in [0.1, 0.15) is 5.82 Å². The molecular formula is C15H18N4. The number of anilines is 1. The summed E-state index contributed by atoms with van der Waals surface area (Å²) in [5.74, 6) is 7.55. The van der Waals surface area contributed by atoms with Gasteiger partial charge in [-0.25, -0.2) is 15.8 Å². The van der Waals surface area contributed by atoms with Crippen LogP contribution < -0.4 is 11.3 Å². The third-order valence-electron chi connectivity index (χ3n) is 3.73. The van der Waals surface area contributed by atoms with Gasteiger partial charge < -0.3 is 5.43 Å². The van der Waals surface area contributed by atoms with E-state index in [-0.39, 0.29) is 0 Å². The highest BCUT2D eigenvalue weighted by atomic mass is 15.3. The molecule has 4 heteroatoms. The van der Waals surface area contributed by atoms with Crippen LogP contribution in [0.25, 0.3) is 11.4 Å². The number of aromatic nitrogens is 2. The van der Waals surface area contributed by atoms with Crippen LogP contribution in [-0.2, 0) is 0 Å². The maximum absolute atomic E-state index is 5.51. The summed E-state index contributed by atoms with van der Waals surface area (Å²) in [6.07, 6.45) is 2.43. The minimum absolute atomic E-state index is 0.582. The lowest BCUT2D eigenvalue weighted by Gasteiger charge is -2.10. The highest BCUT2D eigenvalue weighted by Gasteiger charge is 2.26. The second-order valence-electron chi connectivity index (χ2n) is 5.17. The Bertz CT molecular complexity index is 618. The first-order valence-corrected chi connectivity index (χ1v) is 6.61. The largest absolute Gasteiger partial charge is 0.308 e. The van der Waals surface area contributed by atoms with E-state index in [1.54, 1.807) is 0 Å². The quantitative estimate of drug-likeness (QED) is 0.653. The molecule has 19 heavy (non-hydrogen) atoms. The molecule has 0 unspecified atom stereocenters. The Labute approximate surface area is 113 Å². The molecule has 1 aliphatic rings. The zero-order chi connectivity index (χ0) is 13.4. The summed E-state index contributed by atoms with van der Waals surface area (Å²) in [7, 11) is 0. The minimum Gasteiger partial charge on any atom is -0.308 e. The predicted molar refractivity (Wildman–Crippen MR) is 76.7 cm³/mol. The molecule has 0 spiro atoms. The summed E-state index contributed by atoms with van der Waals surface area (Å²) in [5.41, 5.74) is 7.29. The molecular weight excluding hydrogens is 236 g/mol. The predicted octanol–water partition coefficient (Wildman–Crippen LogP) is 2.92. The zero-order valence-corrected chi connectivity index (χ0v) is 11.3. The first-order valence-electron chi connectivity index (χ1n) is 6.61. The maximum atomic E-state index is 5.51. The number of nitrogens with zero attached hydrogens (tertiary/aromatic N) is 2. The molecule has 4 nitrogen and oxygen atoms in total. The van der Waals surface area contributed by atoms with E-state index >= 15 is 0 Å². The second-order valence-corrected chi connectivity index (χ2v) is 5.17. The Kier molecular flexibility index (Phi) is 2.95. The third kappa shape index (κ3) is 2.31. The molecule has 3 N–H and O–H groups in total. The summed E-state index contributed by atoms with van der Waals surface area (Å²) in [6, 6.07) is 8.16. The van der Waals surface area contributed by atoms with Crippen molar-refractivity contribution in [3.63, 3.8) is 0 Å². The third-order valence-corrected chi connectivity index (χ3v) is 3.73. The summed E-state index contributed by atoms with van der Waals surface area (Å²) in [5, 5.41) is 0. The molecule has 0 bridgehead atoms. The number of aryl methyl sites for hydroxylation is 1. The van der Waals surface area contributed by atoms with Gasteiger partial charge in [0.25, 0.3) is 0 Å². The van der Waals surface area contributed by atoms with Crippen LogP contribution in [0.5, 0.6) is 0 Å². The Morgan fingerprint density at radius 1 is 1.21 bits per heavy atom. The summed E-state index contributed by atoms with van der Waals surface area (Å²) >= 11 is 0. The van der Waals surface area contributed by atoms with Crippen LogP contribution in [0, 0.1) is 13.8 Å². The highest BCUT2D eigenvalue weighted by molar-refractivity contribution is 5.63. The van der Waals surface area contributed by atoms with Crippen molar-refractivity contribution in [3.05, 3.63) is 41.1 Å². The molecule has 0 aliphatic heterocycles. The number of rotatable bonds is 3.